The summed E-state index contributed by atoms with van der Waals surface area (Å²) in [7, 11) is 1.56. The summed E-state index contributed by atoms with van der Waals surface area (Å²) in [5.74, 6) is 0.0170. The average molecular weight is 453 g/mol. The lowest BCUT2D eigenvalue weighted by Crippen LogP contribution is -2.31. The number of nitriles is 1. The van der Waals surface area contributed by atoms with Crippen LogP contribution in [0, 0.1) is 11.3 Å². The summed E-state index contributed by atoms with van der Waals surface area (Å²) in [4.78, 5) is 24.1. The average Bonchev–Trinajstić information content (AvgIpc) is 2.81. The molecule has 1 atom stereocenters. The molecule has 1 aliphatic rings. The number of hydrogen-bond acceptors (Lipinski definition) is 7. The molecule has 166 valence electrons. The molecule has 1 heterocycles. The summed E-state index contributed by atoms with van der Waals surface area (Å²) in [5.41, 5.74) is 2.17. The van der Waals surface area contributed by atoms with Gasteiger partial charge in [0.1, 0.15) is 6.61 Å². The van der Waals surface area contributed by atoms with Gasteiger partial charge >= 0.3 is 5.97 Å². The normalized spacial score (nSPS) is 15.5. The van der Waals surface area contributed by atoms with E-state index >= 15 is 0 Å². The molecule has 0 spiro atoms. The van der Waals surface area contributed by atoms with E-state index in [1.807, 2.05) is 36.4 Å². The summed E-state index contributed by atoms with van der Waals surface area (Å²) < 4.78 is 16.3. The van der Waals surface area contributed by atoms with Crippen LogP contribution < -0.4 is 14.8 Å². The van der Waals surface area contributed by atoms with E-state index in [1.165, 1.54) is 0 Å². The molecular weight excluding hydrogens is 428 g/mol. The number of thioether (sulfide) groups is 1. The SMILES string of the molecule is CCOC(=O)CSC1=C(C#N)C(c2ccc(OC)c(OCc3ccccc3)c2)CC(=O)N1. The van der Waals surface area contributed by atoms with Gasteiger partial charge in [0.25, 0.3) is 0 Å². The fourth-order valence-electron chi connectivity index (χ4n) is 3.31. The maximum Gasteiger partial charge on any atom is 0.316 e. The summed E-state index contributed by atoms with van der Waals surface area (Å²) in [6.07, 6.45) is 0.122. The van der Waals surface area contributed by atoms with Gasteiger partial charge in [-0.05, 0) is 30.2 Å². The molecule has 1 N–H and O–H groups in total. The van der Waals surface area contributed by atoms with Crippen molar-refractivity contribution in [3.8, 4) is 17.6 Å². The van der Waals surface area contributed by atoms with Crippen molar-refractivity contribution in [1.82, 2.24) is 5.32 Å². The number of nitrogens with one attached hydrogen (secondary N) is 1. The number of nitrogens with zero attached hydrogens (tertiary/aromatic N) is 1. The standard InChI is InChI=1S/C24H24N2O5S/c1-3-30-23(28)15-32-24-19(13-25)18(12-22(27)26-24)17-9-10-20(29-2)21(11-17)31-14-16-7-5-4-6-8-16/h4-11,18H,3,12,14-15H2,1-2H3,(H,26,27). The van der Waals surface area contributed by atoms with Gasteiger partial charge in [-0.1, -0.05) is 48.2 Å². The molecule has 2 aromatic rings. The van der Waals surface area contributed by atoms with Crippen LogP contribution in [0.3, 0.4) is 0 Å². The van der Waals surface area contributed by atoms with E-state index in [4.69, 9.17) is 14.2 Å². The van der Waals surface area contributed by atoms with Crippen molar-refractivity contribution in [3.05, 3.63) is 70.3 Å². The van der Waals surface area contributed by atoms with Crippen molar-refractivity contribution in [2.24, 2.45) is 0 Å². The highest BCUT2D eigenvalue weighted by molar-refractivity contribution is 8.03. The molecule has 32 heavy (non-hydrogen) atoms. The van der Waals surface area contributed by atoms with E-state index in [-0.39, 0.29) is 24.7 Å². The van der Waals surface area contributed by atoms with E-state index in [0.29, 0.717) is 28.7 Å². The first-order valence-corrected chi connectivity index (χ1v) is 11.1. The largest absolute Gasteiger partial charge is 0.493 e. The minimum absolute atomic E-state index is 0.00933. The van der Waals surface area contributed by atoms with Crippen molar-refractivity contribution < 1.29 is 23.8 Å². The predicted molar refractivity (Wildman–Crippen MR) is 121 cm³/mol. The third-order valence-electron chi connectivity index (χ3n) is 4.82. The van der Waals surface area contributed by atoms with Gasteiger partial charge in [0.05, 0.1) is 36.1 Å². The maximum atomic E-state index is 12.4. The number of methoxy groups -OCH3 is 1. The highest BCUT2D eigenvalue weighted by Gasteiger charge is 2.30. The molecule has 0 saturated heterocycles. The Hall–Kier alpha value is -3.44. The highest BCUT2D eigenvalue weighted by atomic mass is 32.2. The molecule has 1 amide bonds. The van der Waals surface area contributed by atoms with E-state index < -0.39 is 11.9 Å². The first-order valence-electron chi connectivity index (χ1n) is 10.1. The maximum absolute atomic E-state index is 12.4. The quantitative estimate of drug-likeness (QED) is 0.576. The first-order chi connectivity index (χ1) is 15.5. The summed E-state index contributed by atoms with van der Waals surface area (Å²) in [6.45, 7) is 2.35. The monoisotopic (exact) mass is 452 g/mol. The van der Waals surface area contributed by atoms with E-state index in [0.717, 1.165) is 22.9 Å². The number of benzene rings is 2. The van der Waals surface area contributed by atoms with Crippen molar-refractivity contribution in [2.75, 3.05) is 19.5 Å². The van der Waals surface area contributed by atoms with Crippen LogP contribution in [0.5, 0.6) is 11.5 Å². The van der Waals surface area contributed by atoms with Crippen molar-refractivity contribution >= 4 is 23.6 Å². The Labute approximate surface area is 191 Å². The molecule has 7 nitrogen and oxygen atoms in total. The van der Waals surface area contributed by atoms with Crippen LogP contribution in [0.4, 0.5) is 0 Å². The summed E-state index contributed by atoms with van der Waals surface area (Å²) in [5, 5.41) is 12.9. The van der Waals surface area contributed by atoms with Crippen molar-refractivity contribution in [3.63, 3.8) is 0 Å². The van der Waals surface area contributed by atoms with Crippen molar-refractivity contribution in [2.45, 2.75) is 25.9 Å². The van der Waals surface area contributed by atoms with Gasteiger partial charge in [-0.15, -0.1) is 0 Å². The molecule has 1 aliphatic heterocycles. The zero-order valence-electron chi connectivity index (χ0n) is 17.9. The molecule has 0 fully saturated rings. The highest BCUT2D eigenvalue weighted by Crippen LogP contribution is 2.39. The topological polar surface area (TPSA) is 97.7 Å². The number of carbonyl (C=O) groups is 2. The predicted octanol–water partition coefficient (Wildman–Crippen LogP) is 3.91. The Morgan fingerprint density at radius 1 is 1.22 bits per heavy atom. The smallest absolute Gasteiger partial charge is 0.316 e. The van der Waals surface area contributed by atoms with Gasteiger partial charge in [0.15, 0.2) is 11.5 Å². The van der Waals surface area contributed by atoms with Gasteiger partial charge in [-0.3, -0.25) is 9.59 Å². The Kier molecular flexibility index (Phi) is 8.17. The number of esters is 1. The van der Waals surface area contributed by atoms with Crippen LogP contribution in [0.25, 0.3) is 0 Å². The number of allylic oxidation sites excluding steroid dienone is 1. The summed E-state index contributed by atoms with van der Waals surface area (Å²) >= 11 is 1.09. The second-order valence-corrected chi connectivity index (χ2v) is 7.92. The molecule has 8 heteroatoms. The van der Waals surface area contributed by atoms with Crippen LogP contribution in [-0.4, -0.2) is 31.3 Å². The van der Waals surface area contributed by atoms with Crippen LogP contribution in [-0.2, 0) is 20.9 Å². The van der Waals surface area contributed by atoms with Crippen LogP contribution in [0.1, 0.15) is 30.4 Å². The minimum Gasteiger partial charge on any atom is -0.493 e. The zero-order valence-corrected chi connectivity index (χ0v) is 18.7. The molecule has 1 unspecified atom stereocenters. The molecule has 2 aromatic carbocycles. The lowest BCUT2D eigenvalue weighted by atomic mass is 9.87. The van der Waals surface area contributed by atoms with Gasteiger partial charge in [-0.2, -0.15) is 5.26 Å². The molecule has 0 bridgehead atoms. The van der Waals surface area contributed by atoms with E-state index in [2.05, 4.69) is 11.4 Å². The summed E-state index contributed by atoms with van der Waals surface area (Å²) in [6, 6.07) is 17.3. The Bertz CT molecular complexity index is 1050. The fourth-order valence-corrected chi connectivity index (χ4v) is 4.18. The zero-order chi connectivity index (χ0) is 22.9. The van der Waals surface area contributed by atoms with E-state index in [9.17, 15) is 14.9 Å². The van der Waals surface area contributed by atoms with Crippen molar-refractivity contribution in [1.29, 1.82) is 5.26 Å². The number of carbonyl (C=O) groups excluding carboxylic acids is 2. The molecule has 0 aliphatic carbocycles. The van der Waals surface area contributed by atoms with Gasteiger partial charge in [-0.25, -0.2) is 0 Å². The molecule has 0 saturated carbocycles. The van der Waals surface area contributed by atoms with Gasteiger partial charge in [0, 0.05) is 12.3 Å². The second kappa shape index (κ2) is 11.3. The molecule has 0 radical (unpaired) electrons. The van der Waals surface area contributed by atoms with E-state index in [1.54, 1.807) is 26.2 Å². The minimum atomic E-state index is -0.455. The lowest BCUT2D eigenvalue weighted by molar-refractivity contribution is -0.139. The number of hydrogen-bond donors (Lipinski definition) is 1. The van der Waals surface area contributed by atoms with Crippen LogP contribution in [0.15, 0.2) is 59.1 Å². The Morgan fingerprint density at radius 3 is 2.69 bits per heavy atom. The Morgan fingerprint density at radius 2 is 2.00 bits per heavy atom. The number of amides is 1. The third-order valence-corrected chi connectivity index (χ3v) is 5.81. The third kappa shape index (κ3) is 5.83. The molecule has 3 rings (SSSR count). The van der Waals surface area contributed by atoms with Crippen LogP contribution >= 0.6 is 11.8 Å². The second-order valence-electron chi connectivity index (χ2n) is 6.94. The van der Waals surface area contributed by atoms with Gasteiger partial charge in [0.2, 0.25) is 5.91 Å². The number of rotatable bonds is 9. The molecule has 0 aromatic heterocycles. The lowest BCUT2D eigenvalue weighted by Gasteiger charge is -2.25. The number of ether oxygens (including phenoxy) is 3. The first kappa shape index (κ1) is 23.2. The van der Waals surface area contributed by atoms with Gasteiger partial charge < -0.3 is 19.5 Å². The molecular formula is C24H24N2O5S. The fraction of sp³-hybridized carbons (Fsp3) is 0.292. The Balaban J connectivity index is 1.87. The van der Waals surface area contributed by atoms with Crippen LogP contribution in [0.2, 0.25) is 0 Å².